The summed E-state index contributed by atoms with van der Waals surface area (Å²) in [6.07, 6.45) is 1.67. The fourth-order valence-corrected chi connectivity index (χ4v) is 4.22. The van der Waals surface area contributed by atoms with E-state index in [0.29, 0.717) is 21.8 Å². The third-order valence-electron chi connectivity index (χ3n) is 4.43. The van der Waals surface area contributed by atoms with Crippen LogP contribution in [0.1, 0.15) is 5.56 Å². The number of rotatable bonds is 4. The second kappa shape index (κ2) is 7.22. The van der Waals surface area contributed by atoms with Crippen molar-refractivity contribution in [3.8, 4) is 11.3 Å². The van der Waals surface area contributed by atoms with E-state index in [2.05, 4.69) is 14.7 Å². The van der Waals surface area contributed by atoms with Crippen molar-refractivity contribution >= 4 is 38.3 Å². The third-order valence-corrected chi connectivity index (χ3v) is 6.03. The van der Waals surface area contributed by atoms with Gasteiger partial charge in [0.05, 0.1) is 16.1 Å². The molecule has 5 nitrogen and oxygen atoms in total. The summed E-state index contributed by atoms with van der Waals surface area (Å²) in [5, 5.41) is 1.41. The van der Waals surface area contributed by atoms with Crippen LogP contribution in [0.2, 0.25) is 5.02 Å². The van der Waals surface area contributed by atoms with Gasteiger partial charge in [-0.05, 0) is 55.0 Å². The minimum Gasteiger partial charge on any atom is -0.263 e. The zero-order chi connectivity index (χ0) is 19.7. The molecule has 0 fully saturated rings. The van der Waals surface area contributed by atoms with Crippen LogP contribution in [0.15, 0.2) is 77.8 Å². The lowest BCUT2D eigenvalue weighted by Crippen LogP contribution is -2.15. The van der Waals surface area contributed by atoms with Gasteiger partial charge in [0.25, 0.3) is 10.0 Å². The molecule has 0 saturated heterocycles. The maximum Gasteiger partial charge on any atom is 0.263 e. The van der Waals surface area contributed by atoms with Crippen LogP contribution in [0.3, 0.4) is 0 Å². The summed E-state index contributed by atoms with van der Waals surface area (Å²) >= 11 is 5.88. The van der Waals surface area contributed by atoms with Crippen LogP contribution in [0.25, 0.3) is 22.2 Å². The normalized spacial score (nSPS) is 11.5. The number of fused-ring (bicyclic) bond motifs is 1. The molecule has 0 unspecified atom stereocenters. The van der Waals surface area contributed by atoms with E-state index in [1.165, 1.54) is 24.3 Å². The second-order valence-electron chi connectivity index (χ2n) is 6.25. The van der Waals surface area contributed by atoms with Crippen molar-refractivity contribution in [1.82, 2.24) is 9.97 Å². The Morgan fingerprint density at radius 2 is 1.64 bits per heavy atom. The molecule has 0 saturated carbocycles. The highest BCUT2D eigenvalue weighted by molar-refractivity contribution is 7.92. The molecule has 2 aromatic carbocycles. The molecule has 0 aliphatic carbocycles. The van der Waals surface area contributed by atoms with Crippen molar-refractivity contribution in [2.24, 2.45) is 0 Å². The first-order chi connectivity index (χ1) is 13.5. The van der Waals surface area contributed by atoms with Crippen LogP contribution in [0.4, 0.5) is 5.82 Å². The topological polar surface area (TPSA) is 72.0 Å². The lowest BCUT2D eigenvalue weighted by Gasteiger charge is -2.16. The minimum atomic E-state index is -3.84. The molecule has 0 bridgehead atoms. The van der Waals surface area contributed by atoms with Crippen LogP contribution < -0.4 is 4.72 Å². The van der Waals surface area contributed by atoms with Crippen molar-refractivity contribution in [3.63, 3.8) is 0 Å². The SMILES string of the molecule is Cc1c(-c2ccccn2)c(NS(=O)(=O)c2ccc(Cl)cc2)nc2ccccc12. The summed E-state index contributed by atoms with van der Waals surface area (Å²) in [6.45, 7) is 1.94. The summed E-state index contributed by atoms with van der Waals surface area (Å²) < 4.78 is 28.5. The largest absolute Gasteiger partial charge is 0.263 e. The molecular weight excluding hydrogens is 394 g/mol. The first-order valence-corrected chi connectivity index (χ1v) is 10.4. The van der Waals surface area contributed by atoms with E-state index < -0.39 is 10.0 Å². The Labute approximate surface area is 168 Å². The first-order valence-electron chi connectivity index (χ1n) is 8.55. The minimum absolute atomic E-state index is 0.108. The van der Waals surface area contributed by atoms with Crippen molar-refractivity contribution in [3.05, 3.63) is 83.5 Å². The van der Waals surface area contributed by atoms with E-state index in [0.717, 1.165) is 10.9 Å². The highest BCUT2D eigenvalue weighted by Gasteiger charge is 2.21. The molecule has 2 aromatic heterocycles. The van der Waals surface area contributed by atoms with Crippen LogP contribution in [0, 0.1) is 6.92 Å². The number of aromatic nitrogens is 2. The standard InChI is InChI=1S/C21H16ClN3O2S/c1-14-17-6-2-3-7-18(17)24-21(20(14)19-8-4-5-13-23-19)25-28(26,27)16-11-9-15(22)10-12-16/h2-13H,1H3,(H,24,25). The van der Waals surface area contributed by atoms with Crippen LogP contribution in [-0.4, -0.2) is 18.4 Å². The number of halogens is 1. The quantitative estimate of drug-likeness (QED) is 0.511. The molecule has 4 aromatic rings. The Kier molecular flexibility index (Phi) is 4.75. The number of nitrogens with zero attached hydrogens (tertiary/aromatic N) is 2. The molecule has 0 atom stereocenters. The fraction of sp³-hybridized carbons (Fsp3) is 0.0476. The fourth-order valence-electron chi connectivity index (χ4n) is 3.07. The molecule has 4 rings (SSSR count). The highest BCUT2D eigenvalue weighted by atomic mass is 35.5. The number of para-hydroxylation sites is 1. The summed E-state index contributed by atoms with van der Waals surface area (Å²) in [6, 6.07) is 19.1. The molecule has 2 heterocycles. The molecule has 0 aliphatic heterocycles. The number of sulfonamides is 1. The van der Waals surface area contributed by atoms with Crippen molar-refractivity contribution in [2.75, 3.05) is 4.72 Å². The maximum absolute atomic E-state index is 12.9. The molecule has 0 spiro atoms. The number of nitrogens with one attached hydrogen (secondary N) is 1. The van der Waals surface area contributed by atoms with Gasteiger partial charge in [0.2, 0.25) is 0 Å². The smallest absolute Gasteiger partial charge is 0.263 e. The predicted molar refractivity (Wildman–Crippen MR) is 112 cm³/mol. The average Bonchev–Trinajstić information content (AvgIpc) is 2.69. The summed E-state index contributed by atoms with van der Waals surface area (Å²) in [7, 11) is -3.84. The Morgan fingerprint density at radius 3 is 2.36 bits per heavy atom. The van der Waals surface area contributed by atoms with Crippen LogP contribution >= 0.6 is 11.6 Å². The third kappa shape index (κ3) is 3.44. The summed E-state index contributed by atoms with van der Waals surface area (Å²) in [5.41, 5.74) is 2.90. The maximum atomic E-state index is 12.9. The van der Waals surface area contributed by atoms with Gasteiger partial charge in [-0.2, -0.15) is 0 Å². The summed E-state index contributed by atoms with van der Waals surface area (Å²) in [5.74, 6) is 0.241. The van der Waals surface area contributed by atoms with Gasteiger partial charge in [0.15, 0.2) is 0 Å². The van der Waals surface area contributed by atoms with Crippen LogP contribution in [-0.2, 0) is 10.0 Å². The van der Waals surface area contributed by atoms with Gasteiger partial charge < -0.3 is 0 Å². The number of aryl methyl sites for hydroxylation is 1. The molecule has 1 N–H and O–H groups in total. The average molecular weight is 410 g/mol. The number of anilines is 1. The van der Waals surface area contributed by atoms with E-state index >= 15 is 0 Å². The van der Waals surface area contributed by atoms with Gasteiger partial charge in [-0.1, -0.05) is 35.9 Å². The molecular formula is C21H16ClN3O2S. The predicted octanol–water partition coefficient (Wildman–Crippen LogP) is 5.06. The monoisotopic (exact) mass is 409 g/mol. The van der Waals surface area contributed by atoms with E-state index in [-0.39, 0.29) is 10.7 Å². The van der Waals surface area contributed by atoms with Crippen molar-refractivity contribution < 1.29 is 8.42 Å². The molecule has 0 radical (unpaired) electrons. The number of hydrogen-bond acceptors (Lipinski definition) is 4. The van der Waals surface area contributed by atoms with Gasteiger partial charge in [0, 0.05) is 22.2 Å². The highest BCUT2D eigenvalue weighted by Crippen LogP contribution is 2.34. The molecule has 7 heteroatoms. The second-order valence-corrected chi connectivity index (χ2v) is 8.37. The Bertz CT molecular complexity index is 1260. The van der Waals surface area contributed by atoms with E-state index in [1.54, 1.807) is 6.20 Å². The van der Waals surface area contributed by atoms with Gasteiger partial charge in [-0.15, -0.1) is 0 Å². The molecule has 28 heavy (non-hydrogen) atoms. The lowest BCUT2D eigenvalue weighted by molar-refractivity contribution is 0.601. The van der Waals surface area contributed by atoms with E-state index in [9.17, 15) is 8.42 Å². The zero-order valence-corrected chi connectivity index (χ0v) is 16.5. The number of pyridine rings is 2. The lowest BCUT2D eigenvalue weighted by atomic mass is 10.0. The molecule has 0 aliphatic rings. The summed E-state index contributed by atoms with van der Waals surface area (Å²) in [4.78, 5) is 9.09. The number of hydrogen-bond donors (Lipinski definition) is 1. The van der Waals surface area contributed by atoms with E-state index in [4.69, 9.17) is 11.6 Å². The Morgan fingerprint density at radius 1 is 0.929 bits per heavy atom. The van der Waals surface area contributed by atoms with Gasteiger partial charge in [-0.25, -0.2) is 13.4 Å². The molecule has 140 valence electrons. The number of benzene rings is 2. The van der Waals surface area contributed by atoms with Gasteiger partial charge >= 0.3 is 0 Å². The molecule has 0 amide bonds. The van der Waals surface area contributed by atoms with Gasteiger partial charge in [0.1, 0.15) is 5.82 Å². The zero-order valence-electron chi connectivity index (χ0n) is 14.9. The Hall–Kier alpha value is -2.96. The van der Waals surface area contributed by atoms with Gasteiger partial charge in [-0.3, -0.25) is 9.71 Å². The van der Waals surface area contributed by atoms with E-state index in [1.807, 2.05) is 49.4 Å². The van der Waals surface area contributed by atoms with Crippen molar-refractivity contribution in [2.45, 2.75) is 11.8 Å². The Balaban J connectivity index is 1.91. The van der Waals surface area contributed by atoms with Crippen LogP contribution in [0.5, 0.6) is 0 Å². The first kappa shape index (κ1) is 18.4. The van der Waals surface area contributed by atoms with Crippen molar-refractivity contribution in [1.29, 1.82) is 0 Å².